The van der Waals surface area contributed by atoms with E-state index in [0.29, 0.717) is 0 Å². The highest BCUT2D eigenvalue weighted by Crippen LogP contribution is 2.14. The Labute approximate surface area is 92.4 Å². The van der Waals surface area contributed by atoms with Gasteiger partial charge in [-0.1, -0.05) is 0 Å². The van der Waals surface area contributed by atoms with Crippen molar-refractivity contribution in [3.8, 4) is 0 Å². The van der Waals surface area contributed by atoms with Gasteiger partial charge < -0.3 is 13.3 Å². The fourth-order valence-electron chi connectivity index (χ4n) is 1.70. The highest BCUT2D eigenvalue weighted by Gasteiger charge is 2.37. The molecule has 1 N–H and O–H groups in total. The molecule has 0 aromatic rings. The third-order valence-corrected chi connectivity index (χ3v) is 5.51. The first-order valence-corrected chi connectivity index (χ1v) is 7.16. The highest BCUT2D eigenvalue weighted by atomic mass is 28.4. The van der Waals surface area contributed by atoms with E-state index in [2.05, 4.69) is 9.89 Å². The van der Waals surface area contributed by atoms with Gasteiger partial charge in [0.2, 0.25) is 6.34 Å². The number of rotatable bonds is 7. The number of hydrogen-bond acceptors (Lipinski definition) is 4. The van der Waals surface area contributed by atoms with Gasteiger partial charge in [-0.3, -0.25) is 9.89 Å². The van der Waals surface area contributed by atoms with Crippen LogP contribution in [0.4, 0.5) is 0 Å². The van der Waals surface area contributed by atoms with E-state index in [9.17, 15) is 0 Å². The molecule has 0 spiro atoms. The van der Waals surface area contributed by atoms with Crippen LogP contribution in [0.2, 0.25) is 6.04 Å². The maximum Gasteiger partial charge on any atom is 0.500 e. The van der Waals surface area contributed by atoms with E-state index in [1.807, 2.05) is 6.34 Å². The Morgan fingerprint density at radius 3 is 2.40 bits per heavy atom. The molecule has 1 aliphatic heterocycles. The Morgan fingerprint density at radius 1 is 1.27 bits per heavy atom. The molecule has 0 radical (unpaired) electrons. The maximum absolute atomic E-state index is 5.35. The Balaban J connectivity index is 2.27. The molecule has 5 nitrogen and oxygen atoms in total. The minimum Gasteiger partial charge on any atom is -0.377 e. The van der Waals surface area contributed by atoms with Crippen LogP contribution in [0.15, 0.2) is 0 Å². The maximum atomic E-state index is 5.35. The van der Waals surface area contributed by atoms with Crippen LogP contribution < -0.4 is 5.32 Å². The highest BCUT2D eigenvalue weighted by molar-refractivity contribution is 6.60. The molecule has 0 unspecified atom stereocenters. The zero-order valence-electron chi connectivity index (χ0n) is 9.78. The van der Waals surface area contributed by atoms with E-state index in [-0.39, 0.29) is 0 Å². The van der Waals surface area contributed by atoms with E-state index in [1.54, 1.807) is 21.3 Å². The van der Waals surface area contributed by atoms with E-state index >= 15 is 0 Å². The molecule has 0 aromatic carbocycles. The Morgan fingerprint density at radius 2 is 1.93 bits per heavy atom. The molecular formula is C9H21N2O3Si+. The van der Waals surface area contributed by atoms with Crippen LogP contribution >= 0.6 is 0 Å². The van der Waals surface area contributed by atoms with Crippen molar-refractivity contribution < 1.29 is 17.9 Å². The third kappa shape index (κ3) is 3.56. The lowest BCUT2D eigenvalue weighted by atomic mass is 10.4. The molecule has 1 heterocycles. The first-order chi connectivity index (χ1) is 7.26. The quantitative estimate of drug-likeness (QED) is 0.492. The molecule has 0 bridgehead atoms. The summed E-state index contributed by atoms with van der Waals surface area (Å²) in [6, 6.07) is 0.862. The lowest BCUT2D eigenvalue weighted by Gasteiger charge is -2.23. The van der Waals surface area contributed by atoms with E-state index < -0.39 is 8.80 Å². The van der Waals surface area contributed by atoms with Crippen molar-refractivity contribution >= 4 is 15.1 Å². The van der Waals surface area contributed by atoms with Gasteiger partial charge >= 0.3 is 8.80 Å². The van der Waals surface area contributed by atoms with Gasteiger partial charge in [-0.05, 0) is 6.42 Å². The number of hydrogen-bond donors (Lipinski definition) is 1. The summed E-state index contributed by atoms with van der Waals surface area (Å²) in [4.78, 5) is 0. The molecule has 88 valence electrons. The summed E-state index contributed by atoms with van der Waals surface area (Å²) in [5.74, 6) is 0. The fourth-order valence-corrected chi connectivity index (χ4v) is 3.40. The molecule has 0 atom stereocenters. The van der Waals surface area contributed by atoms with Gasteiger partial charge in [0.25, 0.3) is 0 Å². The summed E-state index contributed by atoms with van der Waals surface area (Å²) in [5, 5.41) is 3.18. The van der Waals surface area contributed by atoms with Gasteiger partial charge in [0.05, 0.1) is 6.54 Å². The van der Waals surface area contributed by atoms with Gasteiger partial charge in [0.1, 0.15) is 13.1 Å². The number of nitrogens with zero attached hydrogens (tertiary/aromatic N) is 1. The summed E-state index contributed by atoms with van der Waals surface area (Å²) < 4.78 is 18.3. The van der Waals surface area contributed by atoms with Gasteiger partial charge in [-0.2, -0.15) is 0 Å². The Bertz CT molecular complexity index is 211. The van der Waals surface area contributed by atoms with Gasteiger partial charge in [-0.25, -0.2) is 0 Å². The average Bonchev–Trinajstić information content (AvgIpc) is 2.78. The summed E-state index contributed by atoms with van der Waals surface area (Å²) in [6.07, 6.45) is 3.07. The third-order valence-electron chi connectivity index (χ3n) is 2.68. The van der Waals surface area contributed by atoms with E-state index in [4.69, 9.17) is 13.3 Å². The zero-order valence-corrected chi connectivity index (χ0v) is 10.8. The molecule has 0 amide bonds. The lowest BCUT2D eigenvalue weighted by molar-refractivity contribution is -0.513. The molecule has 15 heavy (non-hydrogen) atoms. The Kier molecular flexibility index (Phi) is 5.24. The minimum atomic E-state index is -2.35. The van der Waals surface area contributed by atoms with Crippen LogP contribution in [-0.2, 0) is 13.3 Å². The van der Waals surface area contributed by atoms with Crippen LogP contribution in [0.1, 0.15) is 6.42 Å². The lowest BCUT2D eigenvalue weighted by Crippen LogP contribution is -2.43. The van der Waals surface area contributed by atoms with Crippen molar-refractivity contribution in [2.75, 3.05) is 41.0 Å². The van der Waals surface area contributed by atoms with Gasteiger partial charge in [0, 0.05) is 27.4 Å². The fraction of sp³-hybridized carbons (Fsp3) is 0.889. The molecule has 1 aliphatic rings. The second kappa shape index (κ2) is 6.22. The number of nitrogens with one attached hydrogen (secondary N) is 1. The van der Waals surface area contributed by atoms with Crippen LogP contribution in [0, 0.1) is 0 Å². The standard InChI is InChI=1S/C9H20N2O3Si/c1-12-15(13-2,14-3)8-4-6-11-7-5-10-9-11/h9H,4-8H2,1-3H3/p+1. The average molecular weight is 233 g/mol. The van der Waals surface area contributed by atoms with Crippen molar-refractivity contribution in [2.24, 2.45) is 0 Å². The topological polar surface area (TPSA) is 42.7 Å². The normalized spacial score (nSPS) is 16.3. The van der Waals surface area contributed by atoms with E-state index in [0.717, 1.165) is 32.1 Å². The second-order valence-corrected chi connectivity index (χ2v) is 6.61. The first kappa shape index (κ1) is 12.6. The first-order valence-electron chi connectivity index (χ1n) is 5.22. The predicted octanol–water partition coefficient (Wildman–Crippen LogP) is -0.101. The Hall–Kier alpha value is -0.433. The summed E-state index contributed by atoms with van der Waals surface area (Å²) in [5.41, 5.74) is 0. The molecule has 6 heteroatoms. The molecule has 0 aromatic heterocycles. The van der Waals surface area contributed by atoms with Crippen LogP contribution in [0.3, 0.4) is 0 Å². The minimum absolute atomic E-state index is 0.862. The van der Waals surface area contributed by atoms with E-state index in [1.165, 1.54) is 0 Å². The second-order valence-electron chi connectivity index (χ2n) is 3.52. The van der Waals surface area contributed by atoms with Crippen LogP contribution in [-0.4, -0.2) is 60.7 Å². The zero-order chi connectivity index (χ0) is 11.1. The van der Waals surface area contributed by atoms with Crippen molar-refractivity contribution in [3.05, 3.63) is 0 Å². The molecule has 0 saturated heterocycles. The molecule has 0 fully saturated rings. The molecule has 0 saturated carbocycles. The molecule has 1 rings (SSSR count). The van der Waals surface area contributed by atoms with Crippen molar-refractivity contribution in [1.82, 2.24) is 5.32 Å². The molecular weight excluding hydrogens is 212 g/mol. The summed E-state index contributed by atoms with van der Waals surface area (Å²) in [6.45, 7) is 3.15. The predicted molar refractivity (Wildman–Crippen MR) is 60.3 cm³/mol. The van der Waals surface area contributed by atoms with Crippen LogP contribution in [0.25, 0.3) is 0 Å². The van der Waals surface area contributed by atoms with Crippen molar-refractivity contribution in [1.29, 1.82) is 0 Å². The SMILES string of the molecule is CO[Si](CCC[N+]1=CNCC1)(OC)OC. The smallest absolute Gasteiger partial charge is 0.377 e. The molecule has 0 aliphatic carbocycles. The van der Waals surface area contributed by atoms with Crippen LogP contribution in [0.5, 0.6) is 0 Å². The summed E-state index contributed by atoms with van der Waals surface area (Å²) >= 11 is 0. The largest absolute Gasteiger partial charge is 0.500 e. The van der Waals surface area contributed by atoms with Crippen molar-refractivity contribution in [2.45, 2.75) is 12.5 Å². The van der Waals surface area contributed by atoms with Gasteiger partial charge in [-0.15, -0.1) is 0 Å². The summed E-state index contributed by atoms with van der Waals surface area (Å²) in [7, 11) is 2.62. The van der Waals surface area contributed by atoms with Crippen molar-refractivity contribution in [3.63, 3.8) is 0 Å². The monoisotopic (exact) mass is 233 g/mol. The van der Waals surface area contributed by atoms with Gasteiger partial charge in [0.15, 0.2) is 0 Å².